The zero-order valence-electron chi connectivity index (χ0n) is 10.6. The third-order valence-electron chi connectivity index (χ3n) is 2.76. The van der Waals surface area contributed by atoms with E-state index in [9.17, 15) is 13.2 Å². The van der Waals surface area contributed by atoms with Gasteiger partial charge in [0.15, 0.2) is 0 Å². The summed E-state index contributed by atoms with van der Waals surface area (Å²) in [6, 6.07) is 5.10. The van der Waals surface area contributed by atoms with Crippen LogP contribution in [-0.4, -0.2) is 13.3 Å². The van der Waals surface area contributed by atoms with Crippen molar-refractivity contribution < 1.29 is 17.9 Å². The van der Waals surface area contributed by atoms with E-state index in [-0.39, 0.29) is 6.42 Å². The van der Waals surface area contributed by atoms with Gasteiger partial charge in [0.25, 0.3) is 0 Å². The molecule has 0 radical (unpaired) electrons. The van der Waals surface area contributed by atoms with Crippen molar-refractivity contribution in [3.05, 3.63) is 29.3 Å². The van der Waals surface area contributed by atoms with Gasteiger partial charge in [-0.15, -0.1) is 0 Å². The molecule has 0 fully saturated rings. The molecule has 1 unspecified atom stereocenters. The van der Waals surface area contributed by atoms with Crippen molar-refractivity contribution >= 4 is 0 Å². The molecule has 5 heteroatoms. The van der Waals surface area contributed by atoms with Crippen molar-refractivity contribution in [2.45, 2.75) is 38.4 Å². The Morgan fingerprint density at radius 2 is 2.00 bits per heavy atom. The fraction of sp³-hybridized carbons (Fsp3) is 0.538. The van der Waals surface area contributed by atoms with Gasteiger partial charge in [-0.3, -0.25) is 0 Å². The molecule has 0 aliphatic heterocycles. The molecule has 18 heavy (non-hydrogen) atoms. The first-order chi connectivity index (χ1) is 8.33. The first-order valence-corrected chi connectivity index (χ1v) is 5.80. The molecule has 0 bridgehead atoms. The smallest absolute Gasteiger partial charge is 0.389 e. The van der Waals surface area contributed by atoms with Gasteiger partial charge in [0.1, 0.15) is 5.75 Å². The summed E-state index contributed by atoms with van der Waals surface area (Å²) in [7, 11) is 1.52. The van der Waals surface area contributed by atoms with Crippen LogP contribution in [0.5, 0.6) is 5.75 Å². The fourth-order valence-electron chi connectivity index (χ4n) is 1.82. The number of aryl methyl sites for hydroxylation is 1. The van der Waals surface area contributed by atoms with E-state index in [1.165, 1.54) is 7.11 Å². The lowest BCUT2D eigenvalue weighted by molar-refractivity contribution is -0.135. The Kier molecular flexibility index (Phi) is 5.02. The molecular weight excluding hydrogens is 243 g/mol. The van der Waals surface area contributed by atoms with Crippen LogP contribution in [-0.2, 0) is 0 Å². The Labute approximate surface area is 105 Å². The average Bonchev–Trinajstić information content (AvgIpc) is 2.27. The maximum atomic E-state index is 12.1. The van der Waals surface area contributed by atoms with Gasteiger partial charge in [-0.05, 0) is 25.8 Å². The first-order valence-electron chi connectivity index (χ1n) is 5.80. The number of alkyl halides is 3. The third kappa shape index (κ3) is 4.56. The van der Waals surface area contributed by atoms with Gasteiger partial charge in [-0.2, -0.15) is 13.2 Å². The molecule has 1 rings (SSSR count). The largest absolute Gasteiger partial charge is 0.496 e. The highest BCUT2D eigenvalue weighted by Gasteiger charge is 2.26. The zero-order chi connectivity index (χ0) is 13.8. The molecule has 0 saturated carbocycles. The predicted octanol–water partition coefficient (Wildman–Crippen LogP) is 3.74. The van der Waals surface area contributed by atoms with Crippen LogP contribution in [0.3, 0.4) is 0 Å². The molecule has 0 spiro atoms. The molecule has 0 aromatic heterocycles. The number of benzene rings is 1. The van der Waals surface area contributed by atoms with Crippen LogP contribution in [0, 0.1) is 6.92 Å². The number of hydrogen-bond acceptors (Lipinski definition) is 2. The Bertz CT molecular complexity index is 390. The predicted molar refractivity (Wildman–Crippen MR) is 64.6 cm³/mol. The summed E-state index contributed by atoms with van der Waals surface area (Å²) in [5, 5.41) is 0. The number of rotatable bonds is 5. The molecule has 2 N–H and O–H groups in total. The Balaban J connectivity index is 2.66. The van der Waals surface area contributed by atoms with Gasteiger partial charge >= 0.3 is 6.18 Å². The standard InChI is InChI=1S/C13H18F3NO/c1-9-5-6-12(18-2)10(8-9)11(17)4-3-7-13(14,15)16/h5-6,8,11H,3-4,7,17H2,1-2H3. The maximum Gasteiger partial charge on any atom is 0.389 e. The molecule has 2 nitrogen and oxygen atoms in total. The summed E-state index contributed by atoms with van der Waals surface area (Å²) in [5.74, 6) is 0.625. The van der Waals surface area contributed by atoms with Crippen LogP contribution in [0.15, 0.2) is 18.2 Å². The Hall–Kier alpha value is -1.23. The lowest BCUT2D eigenvalue weighted by Crippen LogP contribution is -2.14. The van der Waals surface area contributed by atoms with Crippen molar-refractivity contribution in [2.75, 3.05) is 7.11 Å². The van der Waals surface area contributed by atoms with Gasteiger partial charge in [0.2, 0.25) is 0 Å². The minimum atomic E-state index is -4.11. The zero-order valence-corrected chi connectivity index (χ0v) is 10.6. The van der Waals surface area contributed by atoms with Crippen molar-refractivity contribution in [1.29, 1.82) is 0 Å². The number of nitrogens with two attached hydrogens (primary N) is 1. The summed E-state index contributed by atoms with van der Waals surface area (Å²) in [6.45, 7) is 1.91. The van der Waals surface area contributed by atoms with E-state index >= 15 is 0 Å². The molecule has 102 valence electrons. The van der Waals surface area contributed by atoms with E-state index in [2.05, 4.69) is 0 Å². The molecule has 0 saturated heterocycles. The minimum Gasteiger partial charge on any atom is -0.496 e. The van der Waals surface area contributed by atoms with Crippen molar-refractivity contribution in [1.82, 2.24) is 0 Å². The topological polar surface area (TPSA) is 35.2 Å². The van der Waals surface area contributed by atoms with E-state index in [0.717, 1.165) is 11.1 Å². The van der Waals surface area contributed by atoms with Gasteiger partial charge in [-0.1, -0.05) is 17.7 Å². The normalized spacial score (nSPS) is 13.4. The maximum absolute atomic E-state index is 12.1. The van der Waals surface area contributed by atoms with Crippen LogP contribution in [0.2, 0.25) is 0 Å². The van der Waals surface area contributed by atoms with Crippen LogP contribution < -0.4 is 10.5 Å². The number of methoxy groups -OCH3 is 1. The number of hydrogen-bond donors (Lipinski definition) is 1. The molecule has 0 aliphatic carbocycles. The summed E-state index contributed by atoms with van der Waals surface area (Å²) in [6.07, 6.45) is -4.59. The average molecular weight is 261 g/mol. The lowest BCUT2D eigenvalue weighted by Gasteiger charge is -2.16. The highest BCUT2D eigenvalue weighted by atomic mass is 19.4. The summed E-state index contributed by atoms with van der Waals surface area (Å²) < 4.78 is 41.3. The molecule has 1 aromatic carbocycles. The first kappa shape index (κ1) is 14.8. The second kappa shape index (κ2) is 6.09. The SMILES string of the molecule is COc1ccc(C)cc1C(N)CCCC(F)(F)F. The van der Waals surface area contributed by atoms with Crippen LogP contribution in [0.1, 0.15) is 36.4 Å². The minimum absolute atomic E-state index is 0.0295. The van der Waals surface area contributed by atoms with Gasteiger partial charge in [0.05, 0.1) is 7.11 Å². The number of ether oxygens (including phenoxy) is 1. The Morgan fingerprint density at radius 1 is 1.33 bits per heavy atom. The quantitative estimate of drug-likeness (QED) is 0.876. The molecule has 0 amide bonds. The van der Waals surface area contributed by atoms with E-state index in [0.29, 0.717) is 12.2 Å². The van der Waals surface area contributed by atoms with E-state index in [1.54, 1.807) is 6.07 Å². The van der Waals surface area contributed by atoms with Gasteiger partial charge in [0, 0.05) is 18.0 Å². The molecule has 0 heterocycles. The monoisotopic (exact) mass is 261 g/mol. The lowest BCUT2D eigenvalue weighted by atomic mass is 9.99. The highest BCUT2D eigenvalue weighted by Crippen LogP contribution is 2.30. The van der Waals surface area contributed by atoms with E-state index < -0.39 is 18.6 Å². The summed E-state index contributed by atoms with van der Waals surface area (Å²) >= 11 is 0. The van der Waals surface area contributed by atoms with Crippen molar-refractivity contribution in [2.24, 2.45) is 5.73 Å². The second-order valence-electron chi connectivity index (χ2n) is 4.36. The fourth-order valence-corrected chi connectivity index (χ4v) is 1.82. The second-order valence-corrected chi connectivity index (χ2v) is 4.36. The van der Waals surface area contributed by atoms with E-state index in [1.807, 2.05) is 19.1 Å². The van der Waals surface area contributed by atoms with Crippen LogP contribution >= 0.6 is 0 Å². The van der Waals surface area contributed by atoms with Crippen LogP contribution in [0.25, 0.3) is 0 Å². The van der Waals surface area contributed by atoms with Crippen molar-refractivity contribution in [3.8, 4) is 5.75 Å². The number of halogens is 3. The summed E-state index contributed by atoms with van der Waals surface area (Å²) in [4.78, 5) is 0. The van der Waals surface area contributed by atoms with Gasteiger partial charge in [-0.25, -0.2) is 0 Å². The molecule has 1 aromatic rings. The van der Waals surface area contributed by atoms with Crippen molar-refractivity contribution in [3.63, 3.8) is 0 Å². The third-order valence-corrected chi connectivity index (χ3v) is 2.76. The molecule has 1 atom stereocenters. The van der Waals surface area contributed by atoms with Crippen LogP contribution in [0.4, 0.5) is 13.2 Å². The van der Waals surface area contributed by atoms with Gasteiger partial charge < -0.3 is 10.5 Å². The summed E-state index contributed by atoms with van der Waals surface area (Å²) in [5.41, 5.74) is 7.70. The molecular formula is C13H18F3NO. The highest BCUT2D eigenvalue weighted by molar-refractivity contribution is 5.38. The Morgan fingerprint density at radius 3 is 2.56 bits per heavy atom. The van der Waals surface area contributed by atoms with E-state index in [4.69, 9.17) is 10.5 Å². The molecule has 0 aliphatic rings.